The standard InChI is InChI=1S/C15H22N2OS/c1-11(2)14(19)15(18)16-12-5-7-13(8-6-12)17-9-3-4-10-17/h5-8,11,14,19H,3-4,9-10H2,1-2H3,(H,16,18). The third-order valence-electron chi connectivity index (χ3n) is 3.51. The van der Waals surface area contributed by atoms with E-state index in [0.29, 0.717) is 0 Å². The highest BCUT2D eigenvalue weighted by Crippen LogP contribution is 2.22. The van der Waals surface area contributed by atoms with E-state index in [1.54, 1.807) is 0 Å². The summed E-state index contributed by atoms with van der Waals surface area (Å²) in [5.74, 6) is 0.194. The number of hydrogen-bond donors (Lipinski definition) is 2. The number of carbonyl (C=O) groups excluding carboxylic acids is 1. The van der Waals surface area contributed by atoms with Crippen LogP contribution in [0.1, 0.15) is 26.7 Å². The van der Waals surface area contributed by atoms with Gasteiger partial charge in [-0.1, -0.05) is 13.8 Å². The Morgan fingerprint density at radius 2 is 1.79 bits per heavy atom. The first-order chi connectivity index (χ1) is 9.08. The molecule has 1 atom stereocenters. The number of amides is 1. The Hall–Kier alpha value is -1.16. The summed E-state index contributed by atoms with van der Waals surface area (Å²) in [6.07, 6.45) is 2.54. The number of nitrogens with zero attached hydrogens (tertiary/aromatic N) is 1. The molecular formula is C15H22N2OS. The molecule has 1 aliphatic rings. The Bertz CT molecular complexity index is 424. The zero-order chi connectivity index (χ0) is 13.8. The molecule has 0 spiro atoms. The van der Waals surface area contributed by atoms with Gasteiger partial charge in [0.15, 0.2) is 0 Å². The van der Waals surface area contributed by atoms with Crippen LogP contribution in [0.5, 0.6) is 0 Å². The summed E-state index contributed by atoms with van der Waals surface area (Å²) < 4.78 is 0. The number of carbonyl (C=O) groups is 1. The van der Waals surface area contributed by atoms with Gasteiger partial charge in [0.05, 0.1) is 5.25 Å². The molecule has 4 heteroatoms. The third kappa shape index (κ3) is 3.66. The van der Waals surface area contributed by atoms with Gasteiger partial charge in [0, 0.05) is 24.5 Å². The van der Waals surface area contributed by atoms with Crippen LogP contribution in [0.3, 0.4) is 0 Å². The van der Waals surface area contributed by atoms with Crippen LogP contribution >= 0.6 is 12.6 Å². The van der Waals surface area contributed by atoms with E-state index in [-0.39, 0.29) is 17.1 Å². The van der Waals surface area contributed by atoms with E-state index < -0.39 is 0 Å². The van der Waals surface area contributed by atoms with E-state index in [4.69, 9.17) is 0 Å². The lowest BCUT2D eigenvalue weighted by molar-refractivity contribution is -0.116. The zero-order valence-corrected chi connectivity index (χ0v) is 12.5. The highest BCUT2D eigenvalue weighted by Gasteiger charge is 2.18. The van der Waals surface area contributed by atoms with Crippen LogP contribution < -0.4 is 10.2 Å². The first-order valence-electron chi connectivity index (χ1n) is 6.92. The molecule has 1 aliphatic heterocycles. The van der Waals surface area contributed by atoms with Crippen LogP contribution in [0.15, 0.2) is 24.3 Å². The van der Waals surface area contributed by atoms with E-state index in [2.05, 4.69) is 35.0 Å². The van der Waals surface area contributed by atoms with Crippen molar-refractivity contribution in [2.75, 3.05) is 23.3 Å². The lowest BCUT2D eigenvalue weighted by Gasteiger charge is -2.18. The van der Waals surface area contributed by atoms with Crippen molar-refractivity contribution in [2.45, 2.75) is 31.9 Å². The SMILES string of the molecule is CC(C)C(S)C(=O)Nc1ccc(N2CCCC2)cc1. The second kappa shape index (κ2) is 6.33. The maximum Gasteiger partial charge on any atom is 0.237 e. The molecule has 1 saturated heterocycles. The van der Waals surface area contributed by atoms with Gasteiger partial charge < -0.3 is 10.2 Å². The Kier molecular flexibility index (Phi) is 4.75. The first kappa shape index (κ1) is 14.3. The molecule has 1 amide bonds. The Morgan fingerprint density at radius 3 is 2.32 bits per heavy atom. The molecule has 0 aliphatic carbocycles. The molecule has 19 heavy (non-hydrogen) atoms. The highest BCUT2D eigenvalue weighted by atomic mass is 32.1. The summed E-state index contributed by atoms with van der Waals surface area (Å²) in [4.78, 5) is 14.3. The molecule has 0 bridgehead atoms. The summed E-state index contributed by atoms with van der Waals surface area (Å²) in [5, 5.41) is 2.64. The topological polar surface area (TPSA) is 32.3 Å². The Morgan fingerprint density at radius 1 is 1.21 bits per heavy atom. The fourth-order valence-corrected chi connectivity index (χ4v) is 2.31. The van der Waals surface area contributed by atoms with Gasteiger partial charge in [0.25, 0.3) is 0 Å². The normalized spacial score (nSPS) is 16.7. The molecule has 0 radical (unpaired) electrons. The average molecular weight is 278 g/mol. The van der Waals surface area contributed by atoms with E-state index in [1.165, 1.54) is 18.5 Å². The molecule has 2 rings (SSSR count). The second-order valence-corrected chi connectivity index (χ2v) is 5.98. The van der Waals surface area contributed by atoms with Crippen LogP contribution in [-0.4, -0.2) is 24.2 Å². The third-order valence-corrected chi connectivity index (χ3v) is 4.34. The number of hydrogen-bond acceptors (Lipinski definition) is 3. The van der Waals surface area contributed by atoms with E-state index >= 15 is 0 Å². The monoisotopic (exact) mass is 278 g/mol. The second-order valence-electron chi connectivity index (χ2n) is 5.42. The minimum absolute atomic E-state index is 0.0349. The van der Waals surface area contributed by atoms with Crippen molar-refractivity contribution in [3.05, 3.63) is 24.3 Å². The van der Waals surface area contributed by atoms with Crippen molar-refractivity contribution in [2.24, 2.45) is 5.92 Å². The van der Waals surface area contributed by atoms with Crippen LogP contribution in [-0.2, 0) is 4.79 Å². The zero-order valence-electron chi connectivity index (χ0n) is 11.6. The molecule has 0 aromatic heterocycles. The van der Waals surface area contributed by atoms with Crippen molar-refractivity contribution in [1.29, 1.82) is 0 Å². The van der Waals surface area contributed by atoms with Crippen molar-refractivity contribution in [1.82, 2.24) is 0 Å². The Balaban J connectivity index is 1.96. The number of anilines is 2. The van der Waals surface area contributed by atoms with Crippen LogP contribution in [0.25, 0.3) is 0 Å². The Labute approximate surface area is 120 Å². The fourth-order valence-electron chi connectivity index (χ4n) is 2.25. The predicted molar refractivity (Wildman–Crippen MR) is 84.1 cm³/mol. The molecule has 104 valence electrons. The van der Waals surface area contributed by atoms with Gasteiger partial charge in [-0.2, -0.15) is 12.6 Å². The van der Waals surface area contributed by atoms with Crippen LogP contribution in [0, 0.1) is 5.92 Å². The molecule has 3 nitrogen and oxygen atoms in total. The van der Waals surface area contributed by atoms with Gasteiger partial charge in [-0.3, -0.25) is 4.79 Å². The summed E-state index contributed by atoms with van der Waals surface area (Å²) >= 11 is 4.32. The summed E-state index contributed by atoms with van der Waals surface area (Å²) in [6.45, 7) is 6.26. The van der Waals surface area contributed by atoms with Crippen LogP contribution in [0.2, 0.25) is 0 Å². The fraction of sp³-hybridized carbons (Fsp3) is 0.533. The molecule has 1 aromatic rings. The summed E-state index contributed by atoms with van der Waals surface area (Å²) in [5.41, 5.74) is 2.08. The largest absolute Gasteiger partial charge is 0.372 e. The van der Waals surface area contributed by atoms with Gasteiger partial charge in [0.2, 0.25) is 5.91 Å². The molecule has 1 unspecified atom stereocenters. The average Bonchev–Trinajstić information content (AvgIpc) is 2.92. The maximum absolute atomic E-state index is 11.9. The van der Waals surface area contributed by atoms with Crippen molar-refractivity contribution < 1.29 is 4.79 Å². The molecule has 0 saturated carbocycles. The number of rotatable bonds is 4. The first-order valence-corrected chi connectivity index (χ1v) is 7.43. The van der Waals surface area contributed by atoms with Gasteiger partial charge in [-0.05, 0) is 43.0 Å². The van der Waals surface area contributed by atoms with Crippen LogP contribution in [0.4, 0.5) is 11.4 Å². The summed E-state index contributed by atoms with van der Waals surface area (Å²) in [6, 6.07) is 8.08. The van der Waals surface area contributed by atoms with Gasteiger partial charge >= 0.3 is 0 Å². The lowest BCUT2D eigenvalue weighted by atomic mass is 10.1. The van der Waals surface area contributed by atoms with E-state index in [0.717, 1.165) is 18.8 Å². The van der Waals surface area contributed by atoms with Gasteiger partial charge in [0.1, 0.15) is 0 Å². The summed E-state index contributed by atoms with van der Waals surface area (Å²) in [7, 11) is 0. The molecule has 1 heterocycles. The maximum atomic E-state index is 11.9. The lowest BCUT2D eigenvalue weighted by Crippen LogP contribution is -2.27. The van der Waals surface area contributed by atoms with Gasteiger partial charge in [-0.25, -0.2) is 0 Å². The quantitative estimate of drug-likeness (QED) is 0.829. The highest BCUT2D eigenvalue weighted by molar-refractivity contribution is 7.81. The van der Waals surface area contributed by atoms with Gasteiger partial charge in [-0.15, -0.1) is 0 Å². The van der Waals surface area contributed by atoms with Crippen molar-refractivity contribution in [3.8, 4) is 0 Å². The molecule has 1 fully saturated rings. The molecule has 1 N–H and O–H groups in total. The molecule has 1 aromatic carbocycles. The van der Waals surface area contributed by atoms with Crippen molar-refractivity contribution >= 4 is 29.9 Å². The number of nitrogens with one attached hydrogen (secondary N) is 1. The predicted octanol–water partition coefficient (Wildman–Crippen LogP) is 3.18. The van der Waals surface area contributed by atoms with Crippen molar-refractivity contribution in [3.63, 3.8) is 0 Å². The van der Waals surface area contributed by atoms with E-state index in [1.807, 2.05) is 26.0 Å². The van der Waals surface area contributed by atoms with E-state index in [9.17, 15) is 4.79 Å². The minimum atomic E-state index is -0.266. The number of thiol groups is 1. The number of benzene rings is 1. The minimum Gasteiger partial charge on any atom is -0.372 e. The molecular weight excluding hydrogens is 256 g/mol. The smallest absolute Gasteiger partial charge is 0.237 e.